The summed E-state index contributed by atoms with van der Waals surface area (Å²) in [6.45, 7) is 38.7. The molecule has 0 saturated carbocycles. The number of nitrogens with zero attached hydrogens (tertiary/aromatic N) is 14. The predicted molar refractivity (Wildman–Crippen MR) is 372 cm³/mol. The highest BCUT2D eigenvalue weighted by Gasteiger charge is 2.30. The van der Waals surface area contributed by atoms with Crippen molar-refractivity contribution in [2.24, 2.45) is 0 Å². The molecule has 12 rings (SSSR count). The molecule has 3 saturated heterocycles. The lowest BCUT2D eigenvalue weighted by atomic mass is 10.1. The molecule has 95 heavy (non-hydrogen) atoms. The van der Waals surface area contributed by atoms with Gasteiger partial charge in [0.25, 0.3) is 0 Å². The van der Waals surface area contributed by atoms with Gasteiger partial charge in [0.2, 0.25) is 0 Å². The molecule has 0 unspecified atom stereocenters. The molecule has 2 amide bonds. The summed E-state index contributed by atoms with van der Waals surface area (Å²) in [7, 11) is 0. The number of ether oxygens (including phenoxy) is 3. The van der Waals surface area contributed by atoms with E-state index in [0.29, 0.717) is 87.4 Å². The van der Waals surface area contributed by atoms with Gasteiger partial charge in [0.15, 0.2) is 17.1 Å². The van der Waals surface area contributed by atoms with E-state index >= 15 is 0 Å². The Morgan fingerprint density at radius 1 is 0.516 bits per heavy atom. The molecule has 0 aliphatic carbocycles. The van der Waals surface area contributed by atoms with E-state index in [2.05, 4.69) is 90.3 Å². The predicted octanol–water partition coefficient (Wildman–Crippen LogP) is 17.6. The second-order valence-electron chi connectivity index (χ2n) is 24.0. The summed E-state index contributed by atoms with van der Waals surface area (Å²) < 4.78 is 21.7. The van der Waals surface area contributed by atoms with Crippen LogP contribution in [0, 0.1) is 19.7 Å². The Hall–Kier alpha value is -9.48. The molecule has 3 fully saturated rings. The first-order valence-corrected chi connectivity index (χ1v) is 32.4. The van der Waals surface area contributed by atoms with Crippen LogP contribution in [-0.2, 0) is 14.2 Å². The molecule has 0 bridgehead atoms. The Morgan fingerprint density at radius 3 is 1.15 bits per heavy atom. The number of hydrogen-bond acceptors (Lipinski definition) is 16. The Morgan fingerprint density at radius 2 is 0.853 bits per heavy atom. The number of benzene rings is 3. The first kappa shape index (κ1) is 69.9. The number of halogens is 4. The van der Waals surface area contributed by atoms with Crippen LogP contribution in [0.3, 0.4) is 0 Å². The number of carbonyl (C=O) groups excluding carboxylic acids is 3. The summed E-state index contributed by atoms with van der Waals surface area (Å²) in [5.41, 5.74) is 4.91. The molecular formula is C67H72Cl4N18O6. The van der Waals surface area contributed by atoms with Crippen molar-refractivity contribution in [2.45, 2.75) is 123 Å². The van der Waals surface area contributed by atoms with Gasteiger partial charge in [-0.05, 0) is 155 Å². The number of amides is 2. The monoisotopic (exact) mass is 1360 g/mol. The number of likely N-dealkylation sites (tertiary alicyclic amines) is 2. The Kier molecular flexibility index (Phi) is 23.6. The van der Waals surface area contributed by atoms with E-state index in [4.69, 9.17) is 75.6 Å². The first-order chi connectivity index (χ1) is 45.6. The average molecular weight is 1370 g/mol. The maximum atomic E-state index is 12.3. The van der Waals surface area contributed by atoms with Crippen molar-refractivity contribution in [2.75, 3.05) is 55.2 Å². The summed E-state index contributed by atoms with van der Waals surface area (Å²) in [5.74, 6) is 2.02. The van der Waals surface area contributed by atoms with Crippen LogP contribution in [0.25, 0.3) is 47.6 Å². The van der Waals surface area contributed by atoms with Gasteiger partial charge in [0, 0.05) is 74.5 Å². The zero-order valence-corrected chi connectivity index (χ0v) is 56.5. The molecule has 3 aromatic carbocycles. The molecule has 0 radical (unpaired) electrons. The molecule has 494 valence electrons. The minimum absolute atomic E-state index is 0.106. The van der Waals surface area contributed by atoms with Gasteiger partial charge in [-0.25, -0.2) is 58.8 Å². The quantitative estimate of drug-likeness (QED) is 0.0535. The third-order valence-corrected chi connectivity index (χ3v) is 16.6. The van der Waals surface area contributed by atoms with Gasteiger partial charge in [-0.2, -0.15) is 0 Å². The highest BCUT2D eigenvalue weighted by molar-refractivity contribution is 6.61. The lowest BCUT2D eigenvalue weighted by Gasteiger charge is -2.34. The maximum absolute atomic E-state index is 12.3. The van der Waals surface area contributed by atoms with Crippen molar-refractivity contribution in [1.82, 2.24) is 58.7 Å². The molecule has 3 aliphatic rings. The van der Waals surface area contributed by atoms with E-state index < -0.39 is 11.0 Å². The summed E-state index contributed by atoms with van der Waals surface area (Å²) in [6.07, 6.45) is 15.5. The average Bonchev–Trinajstić information content (AvgIpc) is 1.69. The van der Waals surface area contributed by atoms with Crippen molar-refractivity contribution in [3.8, 4) is 0 Å². The zero-order valence-electron chi connectivity index (χ0n) is 53.5. The number of carbonyl (C=O) groups is 3. The molecule has 28 heteroatoms. The number of anilines is 6. The molecule has 6 aromatic heterocycles. The van der Waals surface area contributed by atoms with Crippen molar-refractivity contribution in [1.29, 1.82) is 0 Å². The molecule has 4 N–H and O–H groups in total. The number of nitrogens with one attached hydrogen (secondary N) is 4. The van der Waals surface area contributed by atoms with Gasteiger partial charge < -0.3 is 59.0 Å². The van der Waals surface area contributed by atoms with Crippen LogP contribution < -0.4 is 21.3 Å². The fourth-order valence-electron chi connectivity index (χ4n) is 11.0. The normalized spacial score (nSPS) is 14.5. The highest BCUT2D eigenvalue weighted by Crippen LogP contribution is 2.38. The Bertz CT molecular complexity index is 4320. The molecule has 24 nitrogen and oxygen atoms in total. The number of aromatic nitrogens is 9. The summed E-state index contributed by atoms with van der Waals surface area (Å²) in [6, 6.07) is 22.3. The van der Waals surface area contributed by atoms with Gasteiger partial charge in [-0.15, -0.1) is 0 Å². The van der Waals surface area contributed by atoms with E-state index in [1.54, 1.807) is 84.6 Å². The van der Waals surface area contributed by atoms with Crippen LogP contribution in [0.5, 0.6) is 0 Å². The van der Waals surface area contributed by atoms with Crippen LogP contribution in [0.2, 0.25) is 15.1 Å². The van der Waals surface area contributed by atoms with Crippen LogP contribution in [-0.4, -0.2) is 128 Å². The third kappa shape index (κ3) is 18.3. The standard InChI is InChI=1S/C23H25ClN6O2.C22H23ClN6O2.C18H17ClN6.C4H7ClO2/c1-23(2,3)32-22(31)29-10-7-16(8-11-29)30-12-9-17-20(26-14-27-21(17)30)28-19-6-5-15(25-4)13-18(19)24;1-14(2)31-22(30)28-9-6-16(7-10-28)29-11-8-17-20(25-13-26-21(17)29)27-19-5-4-15(24-3)12-18(19)23;1-20-12-2-3-16(15(19)10-12)24-17-14-6-9-25(18(14)23-11-22-17)13-4-7-21-8-5-13;1-3(2)7-4(5)6/h5-6,9,12-14,16H,7-8,10-11H2,1-3H3,(H,26,27,28);4-5,8,11-14,16H,6-7,9-10H2,1-2H3,(H,25,26,27);2-3,6,9-11,13,21H,4-5,7-8H2,(H,22,23,24);3H,1-2H3. The molecule has 0 atom stereocenters. The smallest absolute Gasteiger partial charge is 0.410 e. The number of fused-ring (bicyclic) bond motifs is 3. The van der Waals surface area contributed by atoms with E-state index in [9.17, 15) is 14.4 Å². The van der Waals surface area contributed by atoms with Gasteiger partial charge in [-0.3, -0.25) is 0 Å². The van der Waals surface area contributed by atoms with E-state index in [1.807, 2.05) is 65.2 Å². The molecule has 9 heterocycles. The van der Waals surface area contributed by atoms with E-state index in [0.717, 1.165) is 96.2 Å². The van der Waals surface area contributed by atoms with Crippen LogP contribution in [0.15, 0.2) is 110 Å². The molecular weight excluding hydrogens is 1290 g/mol. The zero-order chi connectivity index (χ0) is 67.9. The number of hydrogen-bond donors (Lipinski definition) is 4. The fourth-order valence-corrected chi connectivity index (χ4v) is 11.9. The molecule has 9 aromatic rings. The van der Waals surface area contributed by atoms with Crippen molar-refractivity contribution < 1.29 is 28.6 Å². The maximum Gasteiger partial charge on any atom is 0.410 e. The lowest BCUT2D eigenvalue weighted by Crippen LogP contribution is -2.42. The van der Waals surface area contributed by atoms with Gasteiger partial charge in [0.1, 0.15) is 59.0 Å². The largest absolute Gasteiger partial charge is 0.451 e. The second-order valence-corrected chi connectivity index (χ2v) is 25.5. The number of piperidine rings is 3. The van der Waals surface area contributed by atoms with Gasteiger partial charge in [-0.1, -0.05) is 53.0 Å². The van der Waals surface area contributed by atoms with Gasteiger partial charge in [0.05, 0.1) is 80.2 Å². The summed E-state index contributed by atoms with van der Waals surface area (Å²) >= 11 is 23.7. The topological polar surface area (TPSA) is 239 Å². The first-order valence-electron chi connectivity index (χ1n) is 30.9. The van der Waals surface area contributed by atoms with Gasteiger partial charge >= 0.3 is 17.6 Å². The van der Waals surface area contributed by atoms with E-state index in [1.165, 1.54) is 12.7 Å². The number of rotatable bonds is 11. The van der Waals surface area contributed by atoms with Crippen molar-refractivity contribution in [3.05, 3.63) is 160 Å². The molecule has 3 aliphatic heterocycles. The molecule has 0 spiro atoms. The summed E-state index contributed by atoms with van der Waals surface area (Å²) in [5, 5.41) is 17.3. The lowest BCUT2D eigenvalue weighted by molar-refractivity contribution is 0.0189. The summed E-state index contributed by atoms with van der Waals surface area (Å²) in [4.78, 5) is 74.6. The highest BCUT2D eigenvalue weighted by atomic mass is 35.5. The minimum Gasteiger partial charge on any atom is -0.451 e. The fraction of sp³-hybridized carbons (Fsp3) is 0.373. The second kappa shape index (κ2) is 32.1. The van der Waals surface area contributed by atoms with Crippen LogP contribution in [0.1, 0.15) is 105 Å². The Labute approximate surface area is 570 Å². The van der Waals surface area contributed by atoms with Crippen molar-refractivity contribution >= 4 is 149 Å². The van der Waals surface area contributed by atoms with Crippen LogP contribution in [0.4, 0.5) is 66.0 Å². The van der Waals surface area contributed by atoms with Crippen LogP contribution >= 0.6 is 46.4 Å². The van der Waals surface area contributed by atoms with E-state index in [-0.39, 0.29) is 36.5 Å². The minimum atomic E-state index is -0.741. The Balaban J connectivity index is 0.000000160. The SMILES string of the molecule is CC(C)OC(=O)Cl.[C-]#[N+]c1ccc(Nc2ncnc3c2ccn3C2CCN(C(=O)OC(C)(C)C)CC2)c(Cl)c1.[C-]#[N+]c1ccc(Nc2ncnc3c2ccn3C2CCN(C(=O)OC(C)C)CC2)c(Cl)c1.[C-]#[N+]c1ccc(Nc2ncnc3c2ccn3C2CCNCC2)c(Cl)c1. The van der Waals surface area contributed by atoms with Crippen molar-refractivity contribution in [3.63, 3.8) is 0 Å². The third-order valence-electron chi connectivity index (χ3n) is 15.5.